The Morgan fingerprint density at radius 2 is 1.59 bits per heavy atom. The van der Waals surface area contributed by atoms with Crippen LogP contribution in [-0.4, -0.2) is 30.9 Å². The van der Waals surface area contributed by atoms with Gasteiger partial charge in [-0.05, 0) is 33.2 Å². The van der Waals surface area contributed by atoms with Crippen LogP contribution in [0.3, 0.4) is 0 Å². The van der Waals surface area contributed by atoms with E-state index in [4.69, 9.17) is 9.31 Å². The first-order chi connectivity index (χ1) is 9.43. The number of Topliss-reactive ketones (excluding diaryl/α,β-unsaturated/α-hetero) is 1. The van der Waals surface area contributed by atoms with E-state index in [9.17, 15) is 4.79 Å². The smallest absolute Gasteiger partial charge is 0.405 e. The normalized spacial score (nSPS) is 10.1. The van der Waals surface area contributed by atoms with Crippen molar-refractivity contribution < 1.29 is 46.8 Å². The third-order valence-electron chi connectivity index (χ3n) is 2.53. The van der Waals surface area contributed by atoms with E-state index in [1.54, 1.807) is 0 Å². The van der Waals surface area contributed by atoms with Gasteiger partial charge in [-0.15, -0.1) is 0 Å². The Morgan fingerprint density at radius 3 is 1.95 bits per heavy atom. The number of hydrogen-bond donors (Lipinski definition) is 0. The van der Waals surface area contributed by atoms with E-state index in [0.717, 1.165) is 5.46 Å². The molecule has 0 N–H and O–H groups in total. The molecule has 6 heteroatoms. The van der Waals surface area contributed by atoms with Gasteiger partial charge in [0.15, 0.2) is 5.78 Å². The van der Waals surface area contributed by atoms with Gasteiger partial charge in [-0.2, -0.15) is 0 Å². The standard InChI is InChI=1S/C15H22BO3S.CH4.Y/c1-11(2)18-16(19-12(3)4)14-8-6-13(7-9-14)15(17)10-20-5;;/h6-9,11-12H,5,10H2,1-4H3;1H4;/q-1;;. The average Bonchev–Trinajstić information content (AvgIpc) is 2.37. The van der Waals surface area contributed by atoms with Crippen molar-refractivity contribution in [2.45, 2.75) is 47.3 Å². The Hall–Kier alpha value is 0.329. The number of ketones is 1. The molecule has 22 heavy (non-hydrogen) atoms. The molecule has 0 bridgehead atoms. The quantitative estimate of drug-likeness (QED) is 0.381. The van der Waals surface area contributed by atoms with Crippen molar-refractivity contribution in [2.24, 2.45) is 0 Å². The van der Waals surface area contributed by atoms with E-state index in [2.05, 4.69) is 6.26 Å². The molecular weight excluding hydrogens is 372 g/mol. The molecule has 0 unspecified atom stereocenters. The number of carbonyl (C=O) groups is 1. The molecule has 3 nitrogen and oxygen atoms in total. The number of hydrogen-bond acceptors (Lipinski definition) is 4. The van der Waals surface area contributed by atoms with Crippen LogP contribution in [0.4, 0.5) is 0 Å². The van der Waals surface area contributed by atoms with Crippen LogP contribution in [0.2, 0.25) is 0 Å². The van der Waals surface area contributed by atoms with E-state index in [1.807, 2.05) is 52.0 Å². The Bertz CT molecular complexity index is 414. The molecule has 0 fully saturated rings. The summed E-state index contributed by atoms with van der Waals surface area (Å²) in [5, 5.41) is 0. The monoisotopic (exact) mass is 398 g/mol. The second-order valence-corrected chi connectivity index (χ2v) is 5.79. The van der Waals surface area contributed by atoms with Gasteiger partial charge in [0, 0.05) is 56.2 Å². The largest absolute Gasteiger partial charge is 0.494 e. The minimum Gasteiger partial charge on any atom is -0.405 e. The predicted octanol–water partition coefficient (Wildman–Crippen LogP) is 3.57. The first kappa shape index (κ1) is 24.6. The number of carbonyl (C=O) groups excluding carboxylic acids is 1. The van der Waals surface area contributed by atoms with Gasteiger partial charge in [-0.25, -0.2) is 0 Å². The third-order valence-corrected chi connectivity index (χ3v) is 3.00. The molecule has 1 rings (SSSR count). The molecule has 1 aromatic rings. The minimum atomic E-state index is -0.402. The van der Waals surface area contributed by atoms with Crippen LogP contribution in [0.25, 0.3) is 0 Å². The molecule has 0 aliphatic rings. The second-order valence-electron chi connectivity index (χ2n) is 5.10. The van der Waals surface area contributed by atoms with Crippen molar-refractivity contribution in [3.8, 4) is 0 Å². The van der Waals surface area contributed by atoms with E-state index in [1.165, 1.54) is 11.8 Å². The summed E-state index contributed by atoms with van der Waals surface area (Å²) in [4.78, 5) is 11.8. The van der Waals surface area contributed by atoms with Crippen molar-refractivity contribution >= 4 is 30.1 Å². The van der Waals surface area contributed by atoms with Crippen LogP contribution in [0.5, 0.6) is 0 Å². The van der Waals surface area contributed by atoms with Gasteiger partial charge in [0.2, 0.25) is 0 Å². The molecule has 0 saturated heterocycles. The Kier molecular flexibility index (Phi) is 14.2. The Balaban J connectivity index is 0. The van der Waals surface area contributed by atoms with Gasteiger partial charge in [-0.3, -0.25) is 11.1 Å². The van der Waals surface area contributed by atoms with E-state index in [-0.39, 0.29) is 58.1 Å². The van der Waals surface area contributed by atoms with Gasteiger partial charge < -0.3 is 21.1 Å². The molecule has 0 atom stereocenters. The number of rotatable bonds is 8. The van der Waals surface area contributed by atoms with Gasteiger partial charge in [0.25, 0.3) is 0 Å². The van der Waals surface area contributed by atoms with Gasteiger partial charge >= 0.3 is 7.12 Å². The summed E-state index contributed by atoms with van der Waals surface area (Å²) in [5.74, 6) is 0.482. The molecule has 0 heterocycles. The number of benzene rings is 1. The number of thioether (sulfide) groups is 1. The summed E-state index contributed by atoms with van der Waals surface area (Å²) in [5.41, 5.74) is 1.61. The van der Waals surface area contributed by atoms with E-state index in [0.29, 0.717) is 11.3 Å². The van der Waals surface area contributed by atoms with Crippen LogP contribution in [0.1, 0.15) is 45.5 Å². The summed E-state index contributed by atoms with van der Waals surface area (Å²) in [7, 11) is -0.402. The van der Waals surface area contributed by atoms with Crippen LogP contribution < -0.4 is 5.46 Å². The first-order valence-corrected chi connectivity index (χ1v) is 7.90. The van der Waals surface area contributed by atoms with Crippen molar-refractivity contribution in [2.75, 3.05) is 5.75 Å². The SMILES string of the molecule is C.[CH2-]SCC(=O)c1ccc(B(OC(C)C)OC(C)C)cc1.[Y]. The molecule has 1 aromatic carbocycles. The zero-order valence-electron chi connectivity index (χ0n) is 13.2. The zero-order chi connectivity index (χ0) is 15.1. The molecule has 0 spiro atoms. The Morgan fingerprint density at radius 1 is 1.14 bits per heavy atom. The molecule has 0 saturated carbocycles. The van der Waals surface area contributed by atoms with Crippen molar-refractivity contribution in [3.05, 3.63) is 36.1 Å². The van der Waals surface area contributed by atoms with Gasteiger partial charge in [-0.1, -0.05) is 31.7 Å². The van der Waals surface area contributed by atoms with E-state index < -0.39 is 7.12 Å². The van der Waals surface area contributed by atoms with Crippen LogP contribution in [-0.2, 0) is 42.0 Å². The average molecular weight is 398 g/mol. The zero-order valence-corrected chi connectivity index (χ0v) is 16.8. The molecule has 0 aliphatic carbocycles. The molecule has 0 aliphatic heterocycles. The van der Waals surface area contributed by atoms with Gasteiger partial charge in [0.1, 0.15) is 0 Å². The maximum atomic E-state index is 11.8. The van der Waals surface area contributed by atoms with Crippen molar-refractivity contribution in [3.63, 3.8) is 0 Å². The molecule has 1 radical (unpaired) electrons. The topological polar surface area (TPSA) is 35.5 Å². The van der Waals surface area contributed by atoms with E-state index >= 15 is 0 Å². The summed E-state index contributed by atoms with van der Waals surface area (Å²) >= 11 is 1.28. The maximum absolute atomic E-state index is 11.8. The molecule has 121 valence electrons. The predicted molar refractivity (Wildman–Crippen MR) is 93.1 cm³/mol. The van der Waals surface area contributed by atoms with Crippen LogP contribution in [0, 0.1) is 6.26 Å². The van der Waals surface area contributed by atoms with Gasteiger partial charge in [0.05, 0.1) is 0 Å². The van der Waals surface area contributed by atoms with Crippen molar-refractivity contribution in [1.82, 2.24) is 0 Å². The first-order valence-electron chi connectivity index (χ1n) is 6.75. The fraction of sp³-hybridized carbons (Fsp3) is 0.500. The third kappa shape index (κ3) is 8.83. The minimum absolute atomic E-state index is 0. The molecular formula is C16H26BO3SY-. The second kappa shape index (κ2) is 12.7. The van der Waals surface area contributed by atoms with Crippen LogP contribution in [0.15, 0.2) is 24.3 Å². The van der Waals surface area contributed by atoms with Crippen LogP contribution >= 0.6 is 11.8 Å². The summed E-state index contributed by atoms with van der Waals surface area (Å²) < 4.78 is 11.5. The summed E-state index contributed by atoms with van der Waals surface area (Å²) in [6.45, 7) is 7.89. The summed E-state index contributed by atoms with van der Waals surface area (Å²) in [6.07, 6.45) is 3.76. The molecule has 0 aromatic heterocycles. The Labute approximate surface area is 165 Å². The van der Waals surface area contributed by atoms with Crippen molar-refractivity contribution in [1.29, 1.82) is 0 Å². The fourth-order valence-corrected chi connectivity index (χ4v) is 2.04. The summed E-state index contributed by atoms with van der Waals surface area (Å²) in [6, 6.07) is 7.40. The maximum Gasteiger partial charge on any atom is 0.494 e. The fourth-order valence-electron chi connectivity index (χ4n) is 1.69. The molecule has 0 amide bonds.